The number of ether oxygens (including phenoxy) is 2. The fourth-order valence-electron chi connectivity index (χ4n) is 10.1. The molecular formula is C37H54O5. The van der Waals surface area contributed by atoms with Gasteiger partial charge in [-0.2, -0.15) is 0 Å². The molecule has 3 saturated carbocycles. The van der Waals surface area contributed by atoms with E-state index in [1.165, 1.54) is 30.4 Å². The number of hydrogen-bond acceptors (Lipinski definition) is 5. The van der Waals surface area contributed by atoms with Crippen LogP contribution in [0.15, 0.2) is 35.9 Å². The van der Waals surface area contributed by atoms with Gasteiger partial charge in [-0.3, -0.25) is 4.79 Å². The van der Waals surface area contributed by atoms with Gasteiger partial charge in [0.15, 0.2) is 5.78 Å². The van der Waals surface area contributed by atoms with E-state index in [1.807, 2.05) is 12.1 Å². The molecule has 3 fully saturated rings. The van der Waals surface area contributed by atoms with Gasteiger partial charge in [0, 0.05) is 18.4 Å². The Bertz CT molecular complexity index is 1230. The molecule has 1 aromatic carbocycles. The molecule has 0 bridgehead atoms. The summed E-state index contributed by atoms with van der Waals surface area (Å²) < 4.78 is 11.0. The molecule has 0 heterocycles. The quantitative estimate of drug-likeness (QED) is 0.307. The molecule has 5 heteroatoms. The molecule has 1 aromatic rings. The van der Waals surface area contributed by atoms with Gasteiger partial charge < -0.3 is 19.7 Å². The standard InChI is InChI=1S/C37H54O5/c1-21(2)26-20-33(40)37(6)14-9-10-29-35(37)28(26)17-23(4)36(29,5)15-13-22(3)16-31(39)25-11-12-30(38)34-27(25)18-24(41-7)19-32(34)42-8/h16,18-19,23,25-26,28-29,31,33,35,39-40H,1,9-15,17,20H2,2-8H3/b22-16+/t23?,25-,26?,28?,29?,31-,33+,35?,36?,37?/m1/s1. The van der Waals surface area contributed by atoms with Crippen LogP contribution in [0.3, 0.4) is 0 Å². The molecule has 42 heavy (non-hydrogen) atoms. The van der Waals surface area contributed by atoms with Crippen LogP contribution in [0.1, 0.15) is 114 Å². The minimum absolute atomic E-state index is 0.00404. The maximum absolute atomic E-state index is 12.8. The summed E-state index contributed by atoms with van der Waals surface area (Å²) in [7, 11) is 3.18. The molecule has 4 aliphatic rings. The van der Waals surface area contributed by atoms with Crippen LogP contribution in [0.2, 0.25) is 0 Å². The lowest BCUT2D eigenvalue weighted by Crippen LogP contribution is -2.61. The first-order valence-electron chi connectivity index (χ1n) is 16.3. The highest BCUT2D eigenvalue weighted by molar-refractivity contribution is 6.01. The number of carbonyl (C=O) groups is 1. The Kier molecular flexibility index (Phi) is 8.77. The molecule has 0 saturated heterocycles. The molecule has 0 aliphatic heterocycles. The van der Waals surface area contributed by atoms with Gasteiger partial charge in [0.25, 0.3) is 0 Å². The third kappa shape index (κ3) is 5.17. The van der Waals surface area contributed by atoms with Crippen molar-refractivity contribution in [3.63, 3.8) is 0 Å². The maximum atomic E-state index is 12.8. The molecule has 0 radical (unpaired) electrons. The second-order valence-electron chi connectivity index (χ2n) is 14.9. The highest BCUT2D eigenvalue weighted by atomic mass is 16.5. The van der Waals surface area contributed by atoms with Crippen LogP contribution in [-0.2, 0) is 0 Å². The van der Waals surface area contributed by atoms with Gasteiger partial charge in [0.2, 0.25) is 0 Å². The van der Waals surface area contributed by atoms with E-state index in [2.05, 4.69) is 41.2 Å². The minimum atomic E-state index is -0.683. The predicted octanol–water partition coefficient (Wildman–Crippen LogP) is 7.89. The van der Waals surface area contributed by atoms with E-state index < -0.39 is 6.10 Å². The third-order valence-corrected chi connectivity index (χ3v) is 12.7. The molecule has 232 valence electrons. The molecule has 0 spiro atoms. The van der Waals surface area contributed by atoms with Crippen molar-refractivity contribution in [1.82, 2.24) is 0 Å². The maximum Gasteiger partial charge on any atom is 0.166 e. The van der Waals surface area contributed by atoms with E-state index in [-0.39, 0.29) is 28.6 Å². The number of rotatable bonds is 8. The van der Waals surface area contributed by atoms with E-state index in [9.17, 15) is 15.0 Å². The predicted molar refractivity (Wildman–Crippen MR) is 168 cm³/mol. The number of aliphatic hydroxyl groups is 2. The van der Waals surface area contributed by atoms with Crippen LogP contribution in [0, 0.1) is 40.4 Å². The van der Waals surface area contributed by atoms with E-state index in [4.69, 9.17) is 9.47 Å². The van der Waals surface area contributed by atoms with Crippen LogP contribution >= 0.6 is 0 Å². The minimum Gasteiger partial charge on any atom is -0.497 e. The SMILES string of the molecule is C=C(C)C1C[C@H](O)C2(C)CCCC3C2C1CC(C)C3(C)CC/C(C)=C/[C@@H](O)[C@@H]1CCC(=O)c2c(OC)cc(OC)cc21. The van der Waals surface area contributed by atoms with Crippen molar-refractivity contribution >= 4 is 5.78 Å². The molecule has 10 atom stereocenters. The van der Waals surface area contributed by atoms with Crippen LogP contribution < -0.4 is 9.47 Å². The largest absolute Gasteiger partial charge is 0.497 e. The summed E-state index contributed by atoms with van der Waals surface area (Å²) in [6.07, 6.45) is 9.78. The van der Waals surface area contributed by atoms with Crippen LogP contribution in [0.5, 0.6) is 11.5 Å². The molecule has 5 nitrogen and oxygen atoms in total. The van der Waals surface area contributed by atoms with Crippen molar-refractivity contribution in [2.45, 2.75) is 111 Å². The topological polar surface area (TPSA) is 76.0 Å². The molecule has 7 unspecified atom stereocenters. The van der Waals surface area contributed by atoms with Crippen LogP contribution in [-0.4, -0.2) is 42.4 Å². The highest BCUT2D eigenvalue weighted by Crippen LogP contribution is 2.67. The summed E-state index contributed by atoms with van der Waals surface area (Å²) in [5.41, 5.74) is 4.03. The molecule has 0 aromatic heterocycles. The lowest BCUT2D eigenvalue weighted by Gasteiger charge is -2.66. The zero-order chi connectivity index (χ0) is 30.6. The van der Waals surface area contributed by atoms with E-state index in [0.29, 0.717) is 59.5 Å². The van der Waals surface area contributed by atoms with Crippen LogP contribution in [0.25, 0.3) is 0 Å². The zero-order valence-electron chi connectivity index (χ0n) is 27.0. The number of ketones is 1. The van der Waals surface area contributed by atoms with Gasteiger partial charge in [-0.05, 0) is 111 Å². The van der Waals surface area contributed by atoms with Gasteiger partial charge in [-0.1, -0.05) is 51.0 Å². The first-order valence-corrected chi connectivity index (χ1v) is 16.3. The summed E-state index contributed by atoms with van der Waals surface area (Å²) in [6, 6.07) is 3.65. The lowest BCUT2D eigenvalue weighted by atomic mass is 9.39. The smallest absolute Gasteiger partial charge is 0.166 e. The highest BCUT2D eigenvalue weighted by Gasteiger charge is 2.62. The fourth-order valence-corrected chi connectivity index (χ4v) is 10.1. The van der Waals surface area contributed by atoms with Crippen molar-refractivity contribution in [2.75, 3.05) is 14.2 Å². The first kappa shape index (κ1) is 31.3. The van der Waals surface area contributed by atoms with Crippen molar-refractivity contribution in [1.29, 1.82) is 0 Å². The van der Waals surface area contributed by atoms with Crippen LogP contribution in [0.4, 0.5) is 0 Å². The Balaban J connectivity index is 1.37. The number of carbonyl (C=O) groups excluding carboxylic acids is 1. The third-order valence-electron chi connectivity index (χ3n) is 12.7. The first-order chi connectivity index (χ1) is 19.8. The summed E-state index contributed by atoms with van der Waals surface area (Å²) in [5.74, 6) is 3.80. The monoisotopic (exact) mass is 578 g/mol. The second kappa shape index (κ2) is 11.8. The number of benzene rings is 1. The molecule has 2 N–H and O–H groups in total. The van der Waals surface area contributed by atoms with E-state index in [1.54, 1.807) is 20.3 Å². The van der Waals surface area contributed by atoms with Crippen molar-refractivity contribution in [3.8, 4) is 11.5 Å². The number of fused-ring (bicyclic) bond motifs is 1. The molecule has 4 aliphatic carbocycles. The van der Waals surface area contributed by atoms with Gasteiger partial charge in [-0.15, -0.1) is 0 Å². The van der Waals surface area contributed by atoms with Crippen molar-refractivity contribution < 1.29 is 24.5 Å². The number of aliphatic hydroxyl groups excluding tert-OH is 2. The number of methoxy groups -OCH3 is 2. The molecular weight excluding hydrogens is 524 g/mol. The molecule has 5 rings (SSSR count). The summed E-state index contributed by atoms with van der Waals surface area (Å²) in [6.45, 7) is 16.1. The summed E-state index contributed by atoms with van der Waals surface area (Å²) >= 11 is 0. The van der Waals surface area contributed by atoms with Crippen molar-refractivity contribution in [2.24, 2.45) is 40.4 Å². The van der Waals surface area contributed by atoms with Gasteiger partial charge >= 0.3 is 0 Å². The Morgan fingerprint density at radius 3 is 2.57 bits per heavy atom. The Morgan fingerprint density at radius 2 is 1.90 bits per heavy atom. The number of Topliss-reactive ketones (excluding diaryl/α,β-unsaturated/α-hetero) is 1. The number of allylic oxidation sites excluding steroid dienone is 2. The Labute approximate surface area is 253 Å². The van der Waals surface area contributed by atoms with Crippen molar-refractivity contribution in [3.05, 3.63) is 47.1 Å². The zero-order valence-corrected chi connectivity index (χ0v) is 27.0. The Hall–Kier alpha value is -2.11. The fraction of sp³-hybridized carbons (Fsp3) is 0.703. The Morgan fingerprint density at radius 1 is 1.17 bits per heavy atom. The average molecular weight is 579 g/mol. The number of hydrogen-bond donors (Lipinski definition) is 2. The normalized spacial score (nSPS) is 38.7. The van der Waals surface area contributed by atoms with Gasteiger partial charge in [-0.25, -0.2) is 0 Å². The lowest BCUT2D eigenvalue weighted by molar-refractivity contribution is -0.193. The van der Waals surface area contributed by atoms with Gasteiger partial charge in [0.05, 0.1) is 32.0 Å². The average Bonchev–Trinajstić information content (AvgIpc) is 2.95. The van der Waals surface area contributed by atoms with E-state index in [0.717, 1.165) is 31.2 Å². The summed E-state index contributed by atoms with van der Waals surface area (Å²) in [4.78, 5) is 12.8. The van der Waals surface area contributed by atoms with Gasteiger partial charge in [0.1, 0.15) is 11.5 Å². The second-order valence-corrected chi connectivity index (χ2v) is 14.9. The molecule has 0 amide bonds. The van der Waals surface area contributed by atoms with E-state index >= 15 is 0 Å². The summed E-state index contributed by atoms with van der Waals surface area (Å²) in [5, 5.41) is 22.9.